The van der Waals surface area contributed by atoms with Crippen molar-refractivity contribution in [3.8, 4) is 0 Å². The highest BCUT2D eigenvalue weighted by Gasteiger charge is 1.91. The van der Waals surface area contributed by atoms with Crippen molar-refractivity contribution in [3.05, 3.63) is 35.9 Å². The van der Waals surface area contributed by atoms with Gasteiger partial charge in [0.25, 0.3) is 0 Å². The molecule has 16 heavy (non-hydrogen) atoms. The SMILES string of the molecule is CCCCOCCCNCc1ccccc1. The zero-order chi connectivity index (χ0) is 11.5. The number of benzene rings is 1. The van der Waals surface area contributed by atoms with E-state index in [1.54, 1.807) is 0 Å². The van der Waals surface area contributed by atoms with Crippen LogP contribution in [0.4, 0.5) is 0 Å². The molecule has 0 heterocycles. The summed E-state index contributed by atoms with van der Waals surface area (Å²) in [5.41, 5.74) is 1.34. The van der Waals surface area contributed by atoms with Crippen LogP contribution in [0.2, 0.25) is 0 Å². The van der Waals surface area contributed by atoms with Crippen LogP contribution >= 0.6 is 0 Å². The largest absolute Gasteiger partial charge is 0.381 e. The first-order valence-corrected chi connectivity index (χ1v) is 6.26. The molecule has 0 fully saturated rings. The van der Waals surface area contributed by atoms with Gasteiger partial charge in [-0.05, 0) is 24.9 Å². The van der Waals surface area contributed by atoms with E-state index in [2.05, 4.69) is 36.5 Å². The first-order chi connectivity index (χ1) is 7.93. The van der Waals surface area contributed by atoms with E-state index < -0.39 is 0 Å². The molecule has 0 aliphatic heterocycles. The normalized spacial score (nSPS) is 10.6. The Morgan fingerprint density at radius 1 is 1.06 bits per heavy atom. The van der Waals surface area contributed by atoms with Crippen molar-refractivity contribution >= 4 is 0 Å². The molecule has 2 heteroatoms. The van der Waals surface area contributed by atoms with Crippen LogP contribution in [-0.4, -0.2) is 19.8 Å². The Morgan fingerprint density at radius 3 is 2.56 bits per heavy atom. The highest BCUT2D eigenvalue weighted by atomic mass is 16.5. The van der Waals surface area contributed by atoms with E-state index >= 15 is 0 Å². The number of nitrogens with one attached hydrogen (secondary N) is 1. The lowest BCUT2D eigenvalue weighted by Gasteiger charge is -2.05. The van der Waals surface area contributed by atoms with Gasteiger partial charge in [0.1, 0.15) is 0 Å². The van der Waals surface area contributed by atoms with Crippen LogP contribution in [0.25, 0.3) is 0 Å². The third-order valence-electron chi connectivity index (χ3n) is 2.46. The summed E-state index contributed by atoms with van der Waals surface area (Å²) in [5.74, 6) is 0. The molecule has 0 saturated carbocycles. The van der Waals surface area contributed by atoms with E-state index in [4.69, 9.17) is 4.74 Å². The minimum absolute atomic E-state index is 0.877. The van der Waals surface area contributed by atoms with Gasteiger partial charge in [-0.25, -0.2) is 0 Å². The Morgan fingerprint density at radius 2 is 1.81 bits per heavy atom. The van der Waals surface area contributed by atoms with E-state index in [1.807, 2.05) is 6.07 Å². The van der Waals surface area contributed by atoms with Gasteiger partial charge < -0.3 is 10.1 Å². The average molecular weight is 221 g/mol. The third-order valence-corrected chi connectivity index (χ3v) is 2.46. The zero-order valence-corrected chi connectivity index (χ0v) is 10.2. The van der Waals surface area contributed by atoms with Crippen molar-refractivity contribution in [3.63, 3.8) is 0 Å². The molecule has 0 bridgehead atoms. The number of unbranched alkanes of at least 4 members (excludes halogenated alkanes) is 1. The smallest absolute Gasteiger partial charge is 0.0478 e. The summed E-state index contributed by atoms with van der Waals surface area (Å²) < 4.78 is 5.49. The fourth-order valence-corrected chi connectivity index (χ4v) is 1.48. The molecule has 0 radical (unpaired) electrons. The predicted octanol–water partition coefficient (Wildman–Crippen LogP) is 2.98. The number of ether oxygens (including phenoxy) is 1. The molecule has 1 N–H and O–H groups in total. The van der Waals surface area contributed by atoms with Crippen molar-refractivity contribution < 1.29 is 4.74 Å². The highest BCUT2D eigenvalue weighted by molar-refractivity contribution is 5.14. The van der Waals surface area contributed by atoms with Crippen LogP contribution in [0.1, 0.15) is 31.7 Å². The maximum absolute atomic E-state index is 5.49. The standard InChI is InChI=1S/C14H23NO/c1-2-3-11-16-12-7-10-15-13-14-8-5-4-6-9-14/h4-6,8-9,15H,2-3,7,10-13H2,1H3. The van der Waals surface area contributed by atoms with Crippen molar-refractivity contribution in [2.24, 2.45) is 0 Å². The summed E-state index contributed by atoms with van der Waals surface area (Å²) in [6, 6.07) is 10.5. The van der Waals surface area contributed by atoms with Crippen molar-refractivity contribution in [2.45, 2.75) is 32.7 Å². The zero-order valence-electron chi connectivity index (χ0n) is 10.2. The first kappa shape index (κ1) is 13.2. The molecule has 0 atom stereocenters. The molecule has 0 unspecified atom stereocenters. The lowest BCUT2D eigenvalue weighted by atomic mass is 10.2. The van der Waals surface area contributed by atoms with Crippen molar-refractivity contribution in [2.75, 3.05) is 19.8 Å². The molecule has 90 valence electrons. The van der Waals surface area contributed by atoms with Crippen LogP contribution in [-0.2, 0) is 11.3 Å². The molecule has 0 spiro atoms. The molecule has 1 rings (SSSR count). The Labute approximate surface area is 99.0 Å². The molecule has 0 aromatic heterocycles. The second-order valence-electron chi connectivity index (χ2n) is 3.98. The monoisotopic (exact) mass is 221 g/mol. The first-order valence-electron chi connectivity index (χ1n) is 6.26. The van der Waals surface area contributed by atoms with E-state index in [0.717, 1.165) is 32.7 Å². The minimum Gasteiger partial charge on any atom is -0.381 e. The second kappa shape index (κ2) is 9.37. The second-order valence-corrected chi connectivity index (χ2v) is 3.98. The number of hydrogen-bond donors (Lipinski definition) is 1. The molecule has 2 nitrogen and oxygen atoms in total. The molecule has 1 aromatic carbocycles. The maximum Gasteiger partial charge on any atom is 0.0478 e. The van der Waals surface area contributed by atoms with Gasteiger partial charge in [0.15, 0.2) is 0 Å². The summed E-state index contributed by atoms with van der Waals surface area (Å²) in [6.45, 7) is 5.96. The topological polar surface area (TPSA) is 21.3 Å². The van der Waals surface area contributed by atoms with E-state index in [0.29, 0.717) is 0 Å². The Kier molecular flexibility index (Phi) is 7.74. The van der Waals surface area contributed by atoms with Gasteiger partial charge in [0.2, 0.25) is 0 Å². The third kappa shape index (κ3) is 6.59. The summed E-state index contributed by atoms with van der Waals surface area (Å²) in [5, 5.41) is 3.41. The van der Waals surface area contributed by atoms with Gasteiger partial charge in [-0.2, -0.15) is 0 Å². The van der Waals surface area contributed by atoms with Gasteiger partial charge in [0.05, 0.1) is 0 Å². The van der Waals surface area contributed by atoms with Crippen LogP contribution in [0, 0.1) is 0 Å². The molecule has 1 aromatic rings. The Bertz CT molecular complexity index is 248. The predicted molar refractivity (Wildman–Crippen MR) is 68.5 cm³/mol. The summed E-state index contributed by atoms with van der Waals surface area (Å²) in [7, 11) is 0. The van der Waals surface area contributed by atoms with Crippen LogP contribution in [0.3, 0.4) is 0 Å². The van der Waals surface area contributed by atoms with Crippen LogP contribution < -0.4 is 5.32 Å². The van der Waals surface area contributed by atoms with Crippen LogP contribution in [0.15, 0.2) is 30.3 Å². The molecular formula is C14H23NO. The van der Waals surface area contributed by atoms with Gasteiger partial charge in [-0.1, -0.05) is 43.7 Å². The lowest BCUT2D eigenvalue weighted by Crippen LogP contribution is -2.16. The van der Waals surface area contributed by atoms with Crippen molar-refractivity contribution in [1.82, 2.24) is 5.32 Å². The number of hydrogen-bond acceptors (Lipinski definition) is 2. The summed E-state index contributed by atoms with van der Waals surface area (Å²) >= 11 is 0. The Hall–Kier alpha value is -0.860. The molecule has 0 amide bonds. The van der Waals surface area contributed by atoms with Gasteiger partial charge in [-0.3, -0.25) is 0 Å². The Balaban J connectivity index is 1.89. The minimum atomic E-state index is 0.877. The van der Waals surface area contributed by atoms with Crippen molar-refractivity contribution in [1.29, 1.82) is 0 Å². The average Bonchev–Trinajstić information content (AvgIpc) is 2.34. The quantitative estimate of drug-likeness (QED) is 0.647. The fraction of sp³-hybridized carbons (Fsp3) is 0.571. The summed E-state index contributed by atoms with van der Waals surface area (Å²) in [6.07, 6.45) is 3.49. The molecular weight excluding hydrogens is 198 g/mol. The van der Waals surface area contributed by atoms with Gasteiger partial charge in [-0.15, -0.1) is 0 Å². The van der Waals surface area contributed by atoms with E-state index in [9.17, 15) is 0 Å². The fourth-order valence-electron chi connectivity index (χ4n) is 1.48. The molecule has 0 aliphatic rings. The van der Waals surface area contributed by atoms with E-state index in [-0.39, 0.29) is 0 Å². The highest BCUT2D eigenvalue weighted by Crippen LogP contribution is 1.97. The van der Waals surface area contributed by atoms with Gasteiger partial charge in [0, 0.05) is 19.8 Å². The van der Waals surface area contributed by atoms with Crippen LogP contribution in [0.5, 0.6) is 0 Å². The maximum atomic E-state index is 5.49. The molecule has 0 saturated heterocycles. The van der Waals surface area contributed by atoms with Gasteiger partial charge >= 0.3 is 0 Å². The summed E-state index contributed by atoms with van der Waals surface area (Å²) in [4.78, 5) is 0. The lowest BCUT2D eigenvalue weighted by molar-refractivity contribution is 0.129. The molecule has 0 aliphatic carbocycles. The van der Waals surface area contributed by atoms with E-state index in [1.165, 1.54) is 18.4 Å². The number of rotatable bonds is 9.